The molecule has 0 aliphatic carbocycles. The third-order valence-corrected chi connectivity index (χ3v) is 5.12. The van der Waals surface area contributed by atoms with Gasteiger partial charge >= 0.3 is 5.97 Å². The van der Waals surface area contributed by atoms with Crippen LogP contribution in [0.3, 0.4) is 0 Å². The third kappa shape index (κ3) is 4.21. The molecule has 4 rings (SSSR count). The van der Waals surface area contributed by atoms with E-state index in [-0.39, 0.29) is 24.5 Å². The van der Waals surface area contributed by atoms with Crippen molar-refractivity contribution in [3.63, 3.8) is 0 Å². The maximum atomic E-state index is 12.8. The third-order valence-electron chi connectivity index (χ3n) is 5.12. The van der Waals surface area contributed by atoms with Crippen LogP contribution >= 0.6 is 0 Å². The molecule has 1 unspecified atom stereocenters. The second-order valence-electron chi connectivity index (χ2n) is 7.13. The van der Waals surface area contributed by atoms with Crippen LogP contribution in [0, 0.1) is 0 Å². The largest absolute Gasteiger partial charge is 0.508 e. The lowest BCUT2D eigenvalue weighted by atomic mass is 10.0. The van der Waals surface area contributed by atoms with Gasteiger partial charge in [-0.2, -0.15) is 0 Å². The van der Waals surface area contributed by atoms with Gasteiger partial charge in [0.1, 0.15) is 41.5 Å². The van der Waals surface area contributed by atoms with Crippen LogP contribution in [0.5, 0.6) is 28.7 Å². The molecule has 0 saturated heterocycles. The number of methoxy groups -OCH3 is 2. The molecule has 3 aromatic carbocycles. The highest BCUT2D eigenvalue weighted by molar-refractivity contribution is 5.92. The number of hydrogen-bond acceptors (Lipinski definition) is 7. The number of esters is 1. The number of carbonyl (C=O) groups excluding carboxylic acids is 1. The van der Waals surface area contributed by atoms with Gasteiger partial charge in [0, 0.05) is 29.7 Å². The molecule has 0 saturated carbocycles. The van der Waals surface area contributed by atoms with E-state index in [9.17, 15) is 15.0 Å². The quantitative estimate of drug-likeness (QED) is 0.602. The number of hydrogen-bond donors (Lipinski definition) is 2. The zero-order valence-electron chi connectivity index (χ0n) is 17.1. The van der Waals surface area contributed by atoms with Crippen molar-refractivity contribution >= 4 is 5.97 Å². The molecule has 31 heavy (non-hydrogen) atoms. The first-order valence-electron chi connectivity index (χ1n) is 9.69. The predicted octanol–water partition coefficient (Wildman–Crippen LogP) is 3.94. The SMILES string of the molecule is COc1cccc(-c2cc(C(=O)OC3COc4cc(O)cc(O)c4C3)ccc2OC)c1. The standard InChI is InChI=1S/C24H22O7/c1-28-17-5-3-4-14(8-17)19-9-15(6-7-22(19)29-2)24(27)31-18-12-20-21(26)10-16(25)11-23(20)30-13-18/h3-11,18,25-26H,12-13H2,1-2H3. The van der Waals surface area contributed by atoms with Crippen molar-refractivity contribution in [2.24, 2.45) is 0 Å². The summed E-state index contributed by atoms with van der Waals surface area (Å²) in [7, 11) is 3.16. The van der Waals surface area contributed by atoms with Crippen LogP contribution in [-0.4, -0.2) is 43.1 Å². The molecule has 0 radical (unpaired) electrons. The van der Waals surface area contributed by atoms with Crippen molar-refractivity contribution in [1.82, 2.24) is 0 Å². The summed E-state index contributed by atoms with van der Waals surface area (Å²) in [6.07, 6.45) is -0.288. The molecule has 0 aromatic heterocycles. The van der Waals surface area contributed by atoms with E-state index in [4.69, 9.17) is 18.9 Å². The second kappa shape index (κ2) is 8.47. The Balaban J connectivity index is 1.56. The van der Waals surface area contributed by atoms with Gasteiger partial charge in [-0.3, -0.25) is 0 Å². The smallest absolute Gasteiger partial charge is 0.338 e. The maximum absolute atomic E-state index is 12.8. The van der Waals surface area contributed by atoms with Gasteiger partial charge in [0.05, 0.1) is 19.8 Å². The topological polar surface area (TPSA) is 94.5 Å². The van der Waals surface area contributed by atoms with Crippen molar-refractivity contribution in [2.75, 3.05) is 20.8 Å². The minimum atomic E-state index is -0.571. The van der Waals surface area contributed by atoms with Crippen LogP contribution in [0.15, 0.2) is 54.6 Å². The zero-order chi connectivity index (χ0) is 22.0. The fraction of sp³-hybridized carbons (Fsp3) is 0.208. The van der Waals surface area contributed by atoms with Crippen LogP contribution < -0.4 is 14.2 Å². The number of fused-ring (bicyclic) bond motifs is 1. The molecule has 1 atom stereocenters. The van der Waals surface area contributed by atoms with E-state index in [2.05, 4.69) is 0 Å². The lowest BCUT2D eigenvalue weighted by Crippen LogP contribution is -2.31. The Morgan fingerprint density at radius 2 is 1.87 bits per heavy atom. The molecule has 7 nitrogen and oxygen atoms in total. The molecule has 0 spiro atoms. The Morgan fingerprint density at radius 3 is 2.65 bits per heavy atom. The number of phenolic OH excluding ortho intramolecular Hbond substituents is 2. The summed E-state index contributed by atoms with van der Waals surface area (Å²) in [5, 5.41) is 19.6. The maximum Gasteiger partial charge on any atom is 0.338 e. The summed E-state index contributed by atoms with van der Waals surface area (Å²) in [5.41, 5.74) is 2.42. The lowest BCUT2D eigenvalue weighted by Gasteiger charge is -2.26. The molecule has 7 heteroatoms. The predicted molar refractivity (Wildman–Crippen MR) is 113 cm³/mol. The van der Waals surface area contributed by atoms with Crippen molar-refractivity contribution in [3.05, 3.63) is 65.7 Å². The monoisotopic (exact) mass is 422 g/mol. The molecule has 1 aliphatic heterocycles. The van der Waals surface area contributed by atoms with E-state index in [1.165, 1.54) is 12.1 Å². The Bertz CT molecular complexity index is 1120. The van der Waals surface area contributed by atoms with Gasteiger partial charge in [-0.05, 0) is 35.9 Å². The van der Waals surface area contributed by atoms with E-state index in [0.29, 0.717) is 28.4 Å². The molecular formula is C24H22O7. The van der Waals surface area contributed by atoms with Gasteiger partial charge in [-0.15, -0.1) is 0 Å². The summed E-state index contributed by atoms with van der Waals surface area (Å²) in [4.78, 5) is 12.8. The first kappa shape index (κ1) is 20.4. The molecule has 1 heterocycles. The summed E-state index contributed by atoms with van der Waals surface area (Å²) in [6.45, 7) is 0.126. The molecule has 0 amide bonds. The molecule has 0 fully saturated rings. The van der Waals surface area contributed by atoms with E-state index < -0.39 is 12.1 Å². The van der Waals surface area contributed by atoms with Crippen molar-refractivity contribution in [2.45, 2.75) is 12.5 Å². The highest BCUT2D eigenvalue weighted by Gasteiger charge is 2.27. The van der Waals surface area contributed by atoms with Gasteiger partial charge in [-0.25, -0.2) is 4.79 Å². The van der Waals surface area contributed by atoms with E-state index in [1.807, 2.05) is 24.3 Å². The fourth-order valence-corrected chi connectivity index (χ4v) is 3.57. The molecule has 2 N–H and O–H groups in total. The first-order chi connectivity index (χ1) is 15.0. The Labute approximate surface area is 179 Å². The summed E-state index contributed by atoms with van der Waals surface area (Å²) >= 11 is 0. The van der Waals surface area contributed by atoms with Gasteiger partial charge < -0.3 is 29.2 Å². The van der Waals surface area contributed by atoms with Crippen molar-refractivity contribution in [3.8, 4) is 39.9 Å². The van der Waals surface area contributed by atoms with E-state index in [1.54, 1.807) is 32.4 Å². The van der Waals surface area contributed by atoms with Crippen LogP contribution in [0.2, 0.25) is 0 Å². The molecule has 0 bridgehead atoms. The summed E-state index contributed by atoms with van der Waals surface area (Å²) < 4.78 is 21.9. The lowest BCUT2D eigenvalue weighted by molar-refractivity contribution is 0.0128. The van der Waals surface area contributed by atoms with E-state index >= 15 is 0 Å². The summed E-state index contributed by atoms with van der Waals surface area (Å²) in [5.74, 6) is 0.994. The molecule has 3 aromatic rings. The zero-order valence-corrected chi connectivity index (χ0v) is 17.1. The number of ether oxygens (including phenoxy) is 4. The van der Waals surface area contributed by atoms with Gasteiger partial charge in [0.15, 0.2) is 0 Å². The highest BCUT2D eigenvalue weighted by Crippen LogP contribution is 2.37. The molecular weight excluding hydrogens is 400 g/mol. The van der Waals surface area contributed by atoms with Gasteiger partial charge in [0.25, 0.3) is 0 Å². The number of phenols is 2. The second-order valence-corrected chi connectivity index (χ2v) is 7.13. The summed E-state index contributed by atoms with van der Waals surface area (Å²) in [6, 6.07) is 15.2. The Hall–Kier alpha value is -3.87. The average molecular weight is 422 g/mol. The minimum Gasteiger partial charge on any atom is -0.508 e. The highest BCUT2D eigenvalue weighted by atomic mass is 16.6. The number of aromatic hydroxyl groups is 2. The van der Waals surface area contributed by atoms with Crippen LogP contribution in [-0.2, 0) is 11.2 Å². The van der Waals surface area contributed by atoms with Crippen LogP contribution in [0.25, 0.3) is 11.1 Å². The van der Waals surface area contributed by atoms with Crippen molar-refractivity contribution < 1.29 is 34.0 Å². The number of carbonyl (C=O) groups is 1. The normalized spacial score (nSPS) is 14.8. The van der Waals surface area contributed by atoms with Gasteiger partial charge in [0.2, 0.25) is 0 Å². The van der Waals surface area contributed by atoms with E-state index in [0.717, 1.165) is 11.1 Å². The fourth-order valence-electron chi connectivity index (χ4n) is 3.57. The average Bonchev–Trinajstić information content (AvgIpc) is 2.79. The first-order valence-corrected chi connectivity index (χ1v) is 9.69. The Morgan fingerprint density at radius 1 is 1.03 bits per heavy atom. The Kier molecular flexibility index (Phi) is 5.58. The molecule has 160 valence electrons. The molecule has 1 aliphatic rings. The minimum absolute atomic E-state index is 0.0880. The van der Waals surface area contributed by atoms with Crippen LogP contribution in [0.1, 0.15) is 15.9 Å². The number of benzene rings is 3. The van der Waals surface area contributed by atoms with Gasteiger partial charge in [-0.1, -0.05) is 12.1 Å². The van der Waals surface area contributed by atoms with Crippen LogP contribution in [0.4, 0.5) is 0 Å². The number of rotatable bonds is 5. The van der Waals surface area contributed by atoms with Crippen molar-refractivity contribution in [1.29, 1.82) is 0 Å².